The Bertz CT molecular complexity index is 3580. The van der Waals surface area contributed by atoms with Crippen LogP contribution in [0.5, 0.6) is 0 Å². The fraction of sp³-hybridized carbons (Fsp3) is 0. The van der Waals surface area contributed by atoms with Gasteiger partial charge < -0.3 is 9.13 Å². The SMILES string of the molecule is c1ccc(-c2cccc(-c3cc(-c4ccc(-n5c6ccccc6c6ccc7c(c8ccccc8n7-c7ccccc7)c65)c5ccccc45)cc(-c4ccccc4)n3)c2)cc1. The zero-order chi connectivity index (χ0) is 39.6. The molecule has 0 radical (unpaired) electrons. The third-order valence-electron chi connectivity index (χ3n) is 12.1. The fourth-order valence-electron chi connectivity index (χ4n) is 9.42. The molecule has 0 N–H and O–H groups in total. The summed E-state index contributed by atoms with van der Waals surface area (Å²) in [4.78, 5) is 5.31. The predicted octanol–water partition coefficient (Wildman–Crippen LogP) is 15.1. The molecule has 9 aromatic carbocycles. The van der Waals surface area contributed by atoms with Crippen molar-refractivity contribution in [1.29, 1.82) is 0 Å². The van der Waals surface area contributed by atoms with E-state index < -0.39 is 0 Å². The summed E-state index contributed by atoms with van der Waals surface area (Å²) in [5.74, 6) is 0. The minimum absolute atomic E-state index is 0.942. The second-order valence-corrected chi connectivity index (χ2v) is 15.5. The van der Waals surface area contributed by atoms with Gasteiger partial charge in [0.15, 0.2) is 0 Å². The summed E-state index contributed by atoms with van der Waals surface area (Å²) in [7, 11) is 0. The first-order valence-electron chi connectivity index (χ1n) is 20.6. The Hall–Kier alpha value is -8.01. The van der Waals surface area contributed by atoms with Gasteiger partial charge in [-0.25, -0.2) is 4.98 Å². The molecule has 0 aliphatic carbocycles. The number of hydrogen-bond donors (Lipinski definition) is 0. The van der Waals surface area contributed by atoms with E-state index in [0.29, 0.717) is 0 Å². The number of nitrogens with zero attached hydrogens (tertiary/aromatic N) is 3. The topological polar surface area (TPSA) is 22.8 Å². The standard InChI is InChI=1S/C57H37N3/c1-4-17-38(18-5-1)40-21-16-22-41(35-40)51-37-42(36-50(58-51)39-19-6-2-7-20-39)44-31-33-54(46-26-11-10-25-45(44)46)60-52-29-14-12-27-47(52)48-32-34-55-56(57(48)60)49-28-13-15-30-53(49)59(55)43-23-8-3-9-24-43/h1-37H. The molecule has 0 fully saturated rings. The fourth-order valence-corrected chi connectivity index (χ4v) is 9.42. The van der Waals surface area contributed by atoms with Crippen LogP contribution in [0.4, 0.5) is 0 Å². The van der Waals surface area contributed by atoms with Crippen LogP contribution in [0.1, 0.15) is 0 Å². The van der Waals surface area contributed by atoms with Gasteiger partial charge in [-0.3, -0.25) is 0 Å². The van der Waals surface area contributed by atoms with E-state index >= 15 is 0 Å². The van der Waals surface area contributed by atoms with E-state index in [4.69, 9.17) is 4.98 Å². The maximum absolute atomic E-state index is 5.31. The lowest BCUT2D eigenvalue weighted by atomic mass is 9.94. The molecule has 280 valence electrons. The van der Waals surface area contributed by atoms with Crippen molar-refractivity contribution >= 4 is 54.4 Å². The first-order chi connectivity index (χ1) is 29.8. The number of para-hydroxylation sites is 3. The van der Waals surface area contributed by atoms with Crippen LogP contribution in [0.3, 0.4) is 0 Å². The Labute approximate surface area is 347 Å². The van der Waals surface area contributed by atoms with Crippen molar-refractivity contribution in [3.8, 4) is 56.1 Å². The first-order valence-corrected chi connectivity index (χ1v) is 20.6. The van der Waals surface area contributed by atoms with E-state index in [1.165, 1.54) is 71.1 Å². The molecule has 12 aromatic rings. The number of pyridine rings is 1. The second kappa shape index (κ2) is 13.8. The van der Waals surface area contributed by atoms with Gasteiger partial charge in [-0.15, -0.1) is 0 Å². The first kappa shape index (κ1) is 34.1. The normalized spacial score (nSPS) is 11.7. The van der Waals surface area contributed by atoms with Gasteiger partial charge in [-0.1, -0.05) is 170 Å². The number of hydrogen-bond acceptors (Lipinski definition) is 1. The van der Waals surface area contributed by atoms with E-state index in [0.717, 1.165) is 39.5 Å². The average Bonchev–Trinajstić information content (AvgIpc) is 3.85. The molecule has 3 heterocycles. The minimum Gasteiger partial charge on any atom is -0.309 e. The van der Waals surface area contributed by atoms with Gasteiger partial charge >= 0.3 is 0 Å². The van der Waals surface area contributed by atoms with Crippen LogP contribution < -0.4 is 0 Å². The summed E-state index contributed by atoms with van der Waals surface area (Å²) in [5.41, 5.74) is 15.8. The lowest BCUT2D eigenvalue weighted by Crippen LogP contribution is -1.98. The highest BCUT2D eigenvalue weighted by molar-refractivity contribution is 6.26. The Morgan fingerprint density at radius 1 is 0.300 bits per heavy atom. The molecule has 0 aliphatic heterocycles. The summed E-state index contributed by atoms with van der Waals surface area (Å²) in [6.07, 6.45) is 0. The molecule has 3 aromatic heterocycles. The van der Waals surface area contributed by atoms with E-state index in [1.807, 2.05) is 0 Å². The average molecular weight is 764 g/mol. The molecule has 0 saturated heterocycles. The monoisotopic (exact) mass is 763 g/mol. The quantitative estimate of drug-likeness (QED) is 0.165. The molecular weight excluding hydrogens is 727 g/mol. The highest BCUT2D eigenvalue weighted by Gasteiger charge is 2.22. The number of aromatic nitrogens is 3. The van der Waals surface area contributed by atoms with E-state index in [1.54, 1.807) is 0 Å². The molecule has 12 rings (SSSR count). The van der Waals surface area contributed by atoms with Gasteiger partial charge in [0.05, 0.1) is 39.1 Å². The second-order valence-electron chi connectivity index (χ2n) is 15.5. The van der Waals surface area contributed by atoms with E-state index in [9.17, 15) is 0 Å². The molecule has 0 aliphatic rings. The molecular formula is C57H37N3. The van der Waals surface area contributed by atoms with Gasteiger partial charge in [0.1, 0.15) is 0 Å². The summed E-state index contributed by atoms with van der Waals surface area (Å²) < 4.78 is 4.93. The van der Waals surface area contributed by atoms with Crippen LogP contribution in [-0.4, -0.2) is 14.1 Å². The van der Waals surface area contributed by atoms with Crippen LogP contribution in [-0.2, 0) is 0 Å². The van der Waals surface area contributed by atoms with E-state index in [-0.39, 0.29) is 0 Å². The van der Waals surface area contributed by atoms with Gasteiger partial charge in [0.25, 0.3) is 0 Å². The Kier molecular flexibility index (Phi) is 7.85. The smallest absolute Gasteiger partial charge is 0.0715 e. The van der Waals surface area contributed by atoms with Crippen molar-refractivity contribution in [2.75, 3.05) is 0 Å². The zero-order valence-electron chi connectivity index (χ0n) is 32.7. The van der Waals surface area contributed by atoms with Crippen molar-refractivity contribution in [2.24, 2.45) is 0 Å². The maximum Gasteiger partial charge on any atom is 0.0715 e. The van der Waals surface area contributed by atoms with Crippen LogP contribution in [0.2, 0.25) is 0 Å². The molecule has 0 amide bonds. The van der Waals surface area contributed by atoms with Crippen molar-refractivity contribution in [3.63, 3.8) is 0 Å². The summed E-state index contributed by atoms with van der Waals surface area (Å²) in [6.45, 7) is 0. The van der Waals surface area contributed by atoms with Gasteiger partial charge in [-0.05, 0) is 82.2 Å². The molecule has 0 bridgehead atoms. The molecule has 3 nitrogen and oxygen atoms in total. The minimum atomic E-state index is 0.942. The van der Waals surface area contributed by atoms with Crippen LogP contribution in [0, 0.1) is 0 Å². The zero-order valence-corrected chi connectivity index (χ0v) is 32.7. The van der Waals surface area contributed by atoms with Gasteiger partial charge in [0.2, 0.25) is 0 Å². The maximum atomic E-state index is 5.31. The summed E-state index contributed by atoms with van der Waals surface area (Å²) in [6, 6.07) is 81.0. The van der Waals surface area contributed by atoms with Crippen molar-refractivity contribution in [1.82, 2.24) is 14.1 Å². The molecule has 0 spiro atoms. The Balaban J connectivity index is 1.12. The van der Waals surface area contributed by atoms with Crippen LogP contribution >= 0.6 is 0 Å². The van der Waals surface area contributed by atoms with Crippen molar-refractivity contribution < 1.29 is 0 Å². The third-order valence-corrected chi connectivity index (χ3v) is 12.1. The van der Waals surface area contributed by atoms with Crippen LogP contribution in [0.15, 0.2) is 224 Å². The largest absolute Gasteiger partial charge is 0.309 e. The Morgan fingerprint density at radius 2 is 0.867 bits per heavy atom. The molecule has 60 heavy (non-hydrogen) atoms. The van der Waals surface area contributed by atoms with Crippen molar-refractivity contribution in [2.45, 2.75) is 0 Å². The van der Waals surface area contributed by atoms with Gasteiger partial charge in [0, 0.05) is 43.7 Å². The number of fused-ring (bicyclic) bond motifs is 8. The Morgan fingerprint density at radius 3 is 1.62 bits per heavy atom. The van der Waals surface area contributed by atoms with Crippen molar-refractivity contribution in [3.05, 3.63) is 224 Å². The third kappa shape index (κ3) is 5.40. The highest BCUT2D eigenvalue weighted by atomic mass is 15.0. The van der Waals surface area contributed by atoms with Crippen LogP contribution in [0.25, 0.3) is 111 Å². The number of benzene rings is 9. The molecule has 0 atom stereocenters. The summed E-state index contributed by atoms with van der Waals surface area (Å²) >= 11 is 0. The molecule has 0 unspecified atom stereocenters. The lowest BCUT2D eigenvalue weighted by molar-refractivity contribution is 1.18. The molecule has 0 saturated carbocycles. The van der Waals surface area contributed by atoms with E-state index in [2.05, 4.69) is 234 Å². The lowest BCUT2D eigenvalue weighted by Gasteiger charge is -2.17. The molecule has 3 heteroatoms. The predicted molar refractivity (Wildman–Crippen MR) is 252 cm³/mol. The summed E-state index contributed by atoms with van der Waals surface area (Å²) in [5, 5.41) is 7.34. The number of rotatable bonds is 6. The van der Waals surface area contributed by atoms with Gasteiger partial charge in [-0.2, -0.15) is 0 Å². The highest BCUT2D eigenvalue weighted by Crippen LogP contribution is 2.44.